The zero-order valence-corrected chi connectivity index (χ0v) is 14.2. The minimum atomic E-state index is 0.0580. The Balaban J connectivity index is 1.48. The first kappa shape index (κ1) is 13.9. The van der Waals surface area contributed by atoms with Crippen LogP contribution in [0.3, 0.4) is 0 Å². The SMILES string of the molecule is Cc1[nH]nc2ncc(NC(=O)[C@@H]3C[C@H]3c3csc(Br)c3)cc12. The summed E-state index contributed by atoms with van der Waals surface area (Å²) in [6.45, 7) is 1.94. The van der Waals surface area contributed by atoms with Crippen LogP contribution in [0.5, 0.6) is 0 Å². The number of aromatic nitrogens is 3. The highest BCUT2D eigenvalue weighted by molar-refractivity contribution is 9.11. The van der Waals surface area contributed by atoms with Crippen LogP contribution < -0.4 is 5.32 Å². The van der Waals surface area contributed by atoms with Crippen molar-refractivity contribution >= 4 is 49.9 Å². The maximum absolute atomic E-state index is 12.4. The number of hydrogen-bond acceptors (Lipinski definition) is 4. The van der Waals surface area contributed by atoms with Gasteiger partial charge in [-0.05, 0) is 58.3 Å². The van der Waals surface area contributed by atoms with Crippen molar-refractivity contribution in [3.63, 3.8) is 0 Å². The van der Waals surface area contributed by atoms with Crippen LogP contribution in [0, 0.1) is 12.8 Å². The summed E-state index contributed by atoms with van der Waals surface area (Å²) < 4.78 is 1.11. The minimum Gasteiger partial charge on any atom is -0.324 e. The molecular weight excluding hydrogens is 364 g/mol. The molecule has 7 heteroatoms. The van der Waals surface area contributed by atoms with Gasteiger partial charge in [0.15, 0.2) is 5.65 Å². The van der Waals surface area contributed by atoms with Gasteiger partial charge in [0.1, 0.15) is 0 Å². The Kier molecular flexibility index (Phi) is 3.27. The molecule has 2 atom stereocenters. The summed E-state index contributed by atoms with van der Waals surface area (Å²) >= 11 is 5.12. The maximum Gasteiger partial charge on any atom is 0.228 e. The van der Waals surface area contributed by atoms with Gasteiger partial charge >= 0.3 is 0 Å². The van der Waals surface area contributed by atoms with Gasteiger partial charge in [-0.1, -0.05) is 0 Å². The fraction of sp³-hybridized carbons (Fsp3) is 0.267. The van der Waals surface area contributed by atoms with Crippen molar-refractivity contribution in [1.29, 1.82) is 0 Å². The zero-order chi connectivity index (χ0) is 15.3. The van der Waals surface area contributed by atoms with Crippen LogP contribution in [0.25, 0.3) is 11.0 Å². The third-order valence-electron chi connectivity index (χ3n) is 4.01. The highest BCUT2D eigenvalue weighted by Crippen LogP contribution is 2.49. The molecule has 0 spiro atoms. The van der Waals surface area contributed by atoms with Crippen LogP contribution in [0.2, 0.25) is 0 Å². The number of fused-ring (bicyclic) bond motifs is 1. The summed E-state index contributed by atoms with van der Waals surface area (Å²) in [7, 11) is 0. The van der Waals surface area contributed by atoms with Gasteiger partial charge in [0.05, 0.1) is 15.7 Å². The highest BCUT2D eigenvalue weighted by atomic mass is 79.9. The number of carbonyl (C=O) groups excluding carboxylic acids is 1. The van der Waals surface area contributed by atoms with E-state index in [0.717, 1.165) is 27.0 Å². The van der Waals surface area contributed by atoms with E-state index in [1.54, 1.807) is 17.5 Å². The van der Waals surface area contributed by atoms with Crippen molar-refractivity contribution < 1.29 is 4.79 Å². The lowest BCUT2D eigenvalue weighted by Crippen LogP contribution is -2.14. The standard InChI is InChI=1S/C15H13BrN4OS/c1-7-10-3-9(5-17-14(10)20-19-7)18-15(21)12-4-11(12)8-2-13(16)22-6-8/h2-3,5-6,11-12H,4H2,1H3,(H,18,21)(H,17,19,20)/t11-,12+/m0/s1. The molecule has 0 saturated heterocycles. The van der Waals surface area contributed by atoms with Crippen LogP contribution in [-0.4, -0.2) is 21.1 Å². The van der Waals surface area contributed by atoms with Crippen molar-refractivity contribution in [1.82, 2.24) is 15.2 Å². The summed E-state index contributed by atoms with van der Waals surface area (Å²) in [5.74, 6) is 0.465. The Morgan fingerprint density at radius 2 is 2.36 bits per heavy atom. The Labute approximate surface area is 139 Å². The normalized spacial score (nSPS) is 20.3. The molecule has 0 aromatic carbocycles. The maximum atomic E-state index is 12.4. The van der Waals surface area contributed by atoms with Gasteiger partial charge in [0.25, 0.3) is 0 Å². The number of aryl methyl sites for hydroxylation is 1. The number of aromatic amines is 1. The van der Waals surface area contributed by atoms with Gasteiger partial charge in [-0.2, -0.15) is 5.10 Å². The lowest BCUT2D eigenvalue weighted by Gasteiger charge is -2.04. The molecule has 2 N–H and O–H groups in total. The number of halogens is 1. The number of carbonyl (C=O) groups is 1. The number of H-pyrrole nitrogens is 1. The van der Waals surface area contributed by atoms with Crippen molar-refractivity contribution in [2.45, 2.75) is 19.3 Å². The Morgan fingerprint density at radius 1 is 1.50 bits per heavy atom. The topological polar surface area (TPSA) is 70.7 Å². The van der Waals surface area contributed by atoms with Crippen LogP contribution in [-0.2, 0) is 4.79 Å². The molecule has 0 unspecified atom stereocenters. The molecular formula is C15H13BrN4OS. The van der Waals surface area contributed by atoms with Gasteiger partial charge in [-0.3, -0.25) is 9.89 Å². The number of nitrogens with one attached hydrogen (secondary N) is 2. The second-order valence-electron chi connectivity index (χ2n) is 5.57. The largest absolute Gasteiger partial charge is 0.324 e. The molecule has 1 saturated carbocycles. The van der Waals surface area contributed by atoms with E-state index in [1.165, 1.54) is 5.56 Å². The lowest BCUT2D eigenvalue weighted by molar-refractivity contribution is -0.117. The van der Waals surface area contributed by atoms with Gasteiger partial charge in [0.2, 0.25) is 5.91 Å². The first-order chi connectivity index (χ1) is 10.6. The van der Waals surface area contributed by atoms with E-state index < -0.39 is 0 Å². The lowest BCUT2D eigenvalue weighted by atomic mass is 10.2. The zero-order valence-electron chi connectivity index (χ0n) is 11.8. The number of hydrogen-bond donors (Lipinski definition) is 2. The monoisotopic (exact) mass is 376 g/mol. The summed E-state index contributed by atoms with van der Waals surface area (Å²) in [4.78, 5) is 16.6. The molecule has 5 nitrogen and oxygen atoms in total. The molecule has 1 aliphatic rings. The molecule has 3 heterocycles. The number of nitrogens with zero attached hydrogens (tertiary/aromatic N) is 2. The van der Waals surface area contributed by atoms with Crippen molar-refractivity contribution in [2.75, 3.05) is 5.32 Å². The quantitative estimate of drug-likeness (QED) is 0.729. The first-order valence-corrected chi connectivity index (χ1v) is 8.64. The number of thiophene rings is 1. The average molecular weight is 377 g/mol. The number of pyridine rings is 1. The average Bonchev–Trinajstić information content (AvgIpc) is 3.07. The fourth-order valence-corrected chi connectivity index (χ4v) is 3.93. The van der Waals surface area contributed by atoms with Crippen LogP contribution in [0.4, 0.5) is 5.69 Å². The third kappa shape index (κ3) is 2.44. The van der Waals surface area contributed by atoms with Crippen molar-refractivity contribution in [3.8, 4) is 0 Å². The van der Waals surface area contributed by atoms with E-state index in [9.17, 15) is 4.79 Å². The molecule has 22 heavy (non-hydrogen) atoms. The smallest absolute Gasteiger partial charge is 0.228 e. The number of anilines is 1. The molecule has 4 rings (SSSR count). The number of rotatable bonds is 3. The van der Waals surface area contributed by atoms with E-state index in [-0.39, 0.29) is 11.8 Å². The molecule has 0 bridgehead atoms. The Hall–Kier alpha value is -1.73. The van der Waals surface area contributed by atoms with Crippen molar-refractivity contribution in [2.24, 2.45) is 5.92 Å². The van der Waals surface area contributed by atoms with Gasteiger partial charge in [-0.25, -0.2) is 4.98 Å². The number of amides is 1. The summed E-state index contributed by atoms with van der Waals surface area (Å²) in [5.41, 5.74) is 3.59. The fourth-order valence-electron chi connectivity index (χ4n) is 2.69. The van der Waals surface area contributed by atoms with Crippen LogP contribution in [0.1, 0.15) is 23.6 Å². The second-order valence-corrected chi connectivity index (χ2v) is 7.86. The van der Waals surface area contributed by atoms with Gasteiger partial charge in [-0.15, -0.1) is 11.3 Å². The molecule has 1 fully saturated rings. The van der Waals surface area contributed by atoms with Gasteiger partial charge in [0, 0.05) is 17.0 Å². The molecule has 3 aromatic rings. The van der Waals surface area contributed by atoms with Crippen LogP contribution in [0.15, 0.2) is 27.5 Å². The van der Waals surface area contributed by atoms with Gasteiger partial charge < -0.3 is 5.32 Å². The van der Waals surface area contributed by atoms with E-state index in [0.29, 0.717) is 11.6 Å². The molecule has 1 amide bonds. The molecule has 0 radical (unpaired) electrons. The molecule has 3 aromatic heterocycles. The van der Waals surface area contributed by atoms with E-state index >= 15 is 0 Å². The first-order valence-electron chi connectivity index (χ1n) is 6.97. The molecule has 0 aliphatic heterocycles. The summed E-state index contributed by atoms with van der Waals surface area (Å²) in [5, 5.41) is 13.0. The Morgan fingerprint density at radius 3 is 3.14 bits per heavy atom. The molecule has 1 aliphatic carbocycles. The van der Waals surface area contributed by atoms with Crippen LogP contribution >= 0.6 is 27.3 Å². The molecule has 112 valence electrons. The highest BCUT2D eigenvalue weighted by Gasteiger charge is 2.44. The minimum absolute atomic E-state index is 0.0580. The van der Waals surface area contributed by atoms with E-state index in [4.69, 9.17) is 0 Å². The third-order valence-corrected chi connectivity index (χ3v) is 5.53. The summed E-state index contributed by atoms with van der Waals surface area (Å²) in [6, 6.07) is 4.02. The van der Waals surface area contributed by atoms with E-state index in [1.807, 2.05) is 13.0 Å². The predicted octanol–water partition coefficient (Wildman–Crippen LogP) is 3.83. The Bertz CT molecular complexity index is 871. The predicted molar refractivity (Wildman–Crippen MR) is 90.1 cm³/mol. The summed E-state index contributed by atoms with van der Waals surface area (Å²) in [6.07, 6.45) is 2.56. The van der Waals surface area contributed by atoms with Crippen molar-refractivity contribution in [3.05, 3.63) is 38.8 Å². The second kappa shape index (κ2) is 5.17. The van der Waals surface area contributed by atoms with E-state index in [2.05, 4.69) is 47.9 Å².